The lowest BCUT2D eigenvalue weighted by atomic mass is 10.2. The minimum absolute atomic E-state index is 0.255. The zero-order chi connectivity index (χ0) is 19.3. The number of benzene rings is 2. The number of methoxy groups -OCH3 is 1. The molecule has 0 spiro atoms. The molecule has 0 radical (unpaired) electrons. The molecule has 4 rings (SSSR count). The molecule has 2 aromatic carbocycles. The van der Waals surface area contributed by atoms with Crippen LogP contribution in [0.15, 0.2) is 62.4 Å². The minimum Gasteiger partial charge on any atom is -0.454 e. The maximum Gasteiger partial charge on any atom is 0.231 e. The van der Waals surface area contributed by atoms with E-state index in [2.05, 4.69) is 38.4 Å². The third-order valence-electron chi connectivity index (χ3n) is 4.07. The van der Waals surface area contributed by atoms with Crippen molar-refractivity contribution in [2.24, 2.45) is 10.1 Å². The Morgan fingerprint density at radius 1 is 1.21 bits per heavy atom. The Balaban J connectivity index is 1.72. The molecule has 0 bridgehead atoms. The van der Waals surface area contributed by atoms with Crippen LogP contribution >= 0.6 is 27.3 Å². The predicted octanol–water partition coefficient (Wildman–Crippen LogP) is 4.14. The Hall–Kier alpha value is -2.42. The Kier molecular flexibility index (Phi) is 5.90. The van der Waals surface area contributed by atoms with Crippen molar-refractivity contribution in [3.05, 3.63) is 62.7 Å². The van der Waals surface area contributed by atoms with Gasteiger partial charge >= 0.3 is 0 Å². The summed E-state index contributed by atoms with van der Waals surface area (Å²) in [7, 11) is 1.67. The summed E-state index contributed by atoms with van der Waals surface area (Å²) in [6.07, 6.45) is 1.80. The van der Waals surface area contributed by atoms with Crippen molar-refractivity contribution in [2.45, 2.75) is 0 Å². The van der Waals surface area contributed by atoms with Crippen LogP contribution < -0.4 is 14.3 Å². The highest BCUT2D eigenvalue weighted by atomic mass is 79.9. The summed E-state index contributed by atoms with van der Waals surface area (Å²) in [6, 6.07) is 13.9. The van der Waals surface area contributed by atoms with E-state index in [4.69, 9.17) is 19.3 Å². The molecule has 1 aliphatic rings. The van der Waals surface area contributed by atoms with Crippen LogP contribution in [0.3, 0.4) is 0 Å². The van der Waals surface area contributed by atoms with E-state index in [1.165, 1.54) is 0 Å². The zero-order valence-electron chi connectivity index (χ0n) is 15.2. The molecule has 8 heteroatoms. The zero-order valence-corrected chi connectivity index (χ0v) is 17.6. The number of fused-ring (bicyclic) bond motifs is 1. The van der Waals surface area contributed by atoms with E-state index in [0.717, 1.165) is 37.6 Å². The number of hydrogen-bond donors (Lipinski definition) is 0. The molecular weight excluding hydrogens is 442 g/mol. The summed E-state index contributed by atoms with van der Waals surface area (Å²) in [5, 5.41) is 6.76. The van der Waals surface area contributed by atoms with Crippen LogP contribution in [0, 0.1) is 0 Å². The third-order valence-corrected chi connectivity index (χ3v) is 5.41. The van der Waals surface area contributed by atoms with Gasteiger partial charge in [0.2, 0.25) is 11.6 Å². The van der Waals surface area contributed by atoms with Crippen molar-refractivity contribution in [1.29, 1.82) is 0 Å². The monoisotopic (exact) mass is 459 g/mol. The topological polar surface area (TPSA) is 57.3 Å². The summed E-state index contributed by atoms with van der Waals surface area (Å²) in [4.78, 5) is 5.43. The number of rotatable bonds is 6. The van der Waals surface area contributed by atoms with Crippen LogP contribution in [0.2, 0.25) is 0 Å². The van der Waals surface area contributed by atoms with Crippen molar-refractivity contribution in [3.63, 3.8) is 0 Å². The summed E-state index contributed by atoms with van der Waals surface area (Å²) in [5.74, 6) is 1.49. The Morgan fingerprint density at radius 3 is 2.96 bits per heavy atom. The Labute approximate surface area is 174 Å². The fourth-order valence-electron chi connectivity index (χ4n) is 2.72. The van der Waals surface area contributed by atoms with Gasteiger partial charge in [-0.1, -0.05) is 28.1 Å². The maximum atomic E-state index is 5.45. The summed E-state index contributed by atoms with van der Waals surface area (Å²) < 4.78 is 18.8. The first-order valence-electron chi connectivity index (χ1n) is 8.64. The highest BCUT2D eigenvalue weighted by molar-refractivity contribution is 9.10. The van der Waals surface area contributed by atoms with Crippen molar-refractivity contribution in [3.8, 4) is 22.8 Å². The molecule has 0 saturated carbocycles. The molecule has 0 fully saturated rings. The molecule has 6 nitrogen and oxygen atoms in total. The van der Waals surface area contributed by atoms with Gasteiger partial charge in [0.25, 0.3) is 0 Å². The van der Waals surface area contributed by atoms with Crippen LogP contribution in [-0.4, -0.2) is 37.9 Å². The van der Waals surface area contributed by atoms with Gasteiger partial charge in [-0.15, -0.1) is 11.3 Å². The maximum absolute atomic E-state index is 5.45. The normalized spacial score (nSPS) is 13.6. The van der Waals surface area contributed by atoms with Crippen LogP contribution in [0.1, 0.15) is 5.56 Å². The van der Waals surface area contributed by atoms with Crippen molar-refractivity contribution in [1.82, 2.24) is 4.68 Å². The fraction of sp³-hybridized carbons (Fsp3) is 0.200. The first kappa shape index (κ1) is 18.9. The highest BCUT2D eigenvalue weighted by Gasteiger charge is 2.13. The molecule has 0 amide bonds. The highest BCUT2D eigenvalue weighted by Crippen LogP contribution is 2.32. The molecule has 0 unspecified atom stereocenters. The van der Waals surface area contributed by atoms with E-state index in [0.29, 0.717) is 13.2 Å². The summed E-state index contributed by atoms with van der Waals surface area (Å²) in [6.45, 7) is 1.40. The number of ether oxygens (including phenoxy) is 3. The minimum atomic E-state index is 0.255. The SMILES string of the molecule is COCCN=c1scc(-c2cccc(Br)c2)n1/N=C\c1ccc2c(c1)OCO2. The number of thiazole rings is 1. The molecule has 3 aromatic rings. The molecule has 1 aliphatic heterocycles. The second kappa shape index (κ2) is 8.72. The molecule has 0 saturated heterocycles. The molecule has 144 valence electrons. The largest absolute Gasteiger partial charge is 0.454 e. The van der Waals surface area contributed by atoms with Crippen LogP contribution in [-0.2, 0) is 4.74 Å². The van der Waals surface area contributed by atoms with E-state index in [-0.39, 0.29) is 6.79 Å². The standard InChI is InChI=1S/C20H18BrN3O3S/c1-25-8-7-22-20-24(17(12-28-20)15-3-2-4-16(21)10-15)23-11-14-5-6-18-19(9-14)27-13-26-18/h2-6,9-12H,7-8,13H2,1H3/b22-20?,23-11-. The van der Waals surface area contributed by atoms with Gasteiger partial charge in [0.15, 0.2) is 11.5 Å². The van der Waals surface area contributed by atoms with E-state index in [1.54, 1.807) is 24.7 Å². The molecule has 0 atom stereocenters. The van der Waals surface area contributed by atoms with Gasteiger partial charge < -0.3 is 14.2 Å². The molecule has 2 heterocycles. The van der Waals surface area contributed by atoms with Crippen LogP contribution in [0.25, 0.3) is 11.3 Å². The van der Waals surface area contributed by atoms with Gasteiger partial charge in [-0.05, 0) is 35.9 Å². The van der Waals surface area contributed by atoms with Gasteiger partial charge in [0.1, 0.15) is 0 Å². The van der Waals surface area contributed by atoms with Crippen molar-refractivity contribution < 1.29 is 14.2 Å². The number of nitrogens with zero attached hydrogens (tertiary/aromatic N) is 3. The fourth-order valence-corrected chi connectivity index (χ4v) is 3.98. The Bertz CT molecular complexity index is 1070. The number of hydrogen-bond acceptors (Lipinski definition) is 6. The number of halogens is 1. The molecule has 1 aromatic heterocycles. The van der Waals surface area contributed by atoms with Gasteiger partial charge in [-0.25, -0.2) is 4.68 Å². The second-order valence-electron chi connectivity index (χ2n) is 5.96. The lowest BCUT2D eigenvalue weighted by molar-refractivity contribution is 0.174. The average Bonchev–Trinajstić information content (AvgIpc) is 3.33. The molecule has 0 N–H and O–H groups in total. The van der Waals surface area contributed by atoms with Gasteiger partial charge in [0.05, 0.1) is 25.1 Å². The van der Waals surface area contributed by atoms with Gasteiger partial charge in [-0.3, -0.25) is 4.99 Å². The van der Waals surface area contributed by atoms with E-state index in [1.807, 2.05) is 35.0 Å². The first-order valence-corrected chi connectivity index (χ1v) is 10.3. The third kappa shape index (κ3) is 4.19. The van der Waals surface area contributed by atoms with Crippen LogP contribution in [0.4, 0.5) is 0 Å². The lowest BCUT2D eigenvalue weighted by Gasteiger charge is -2.04. The van der Waals surface area contributed by atoms with E-state index in [9.17, 15) is 0 Å². The summed E-state index contributed by atoms with van der Waals surface area (Å²) in [5.41, 5.74) is 2.95. The smallest absolute Gasteiger partial charge is 0.231 e. The molecular formula is C20H18BrN3O3S. The van der Waals surface area contributed by atoms with Crippen LogP contribution in [0.5, 0.6) is 11.5 Å². The molecule has 28 heavy (non-hydrogen) atoms. The second-order valence-corrected chi connectivity index (χ2v) is 7.71. The van der Waals surface area contributed by atoms with E-state index < -0.39 is 0 Å². The number of aromatic nitrogens is 1. The first-order chi connectivity index (χ1) is 13.7. The average molecular weight is 460 g/mol. The summed E-state index contributed by atoms with van der Waals surface area (Å²) >= 11 is 5.09. The van der Waals surface area contributed by atoms with Gasteiger partial charge in [-0.2, -0.15) is 5.10 Å². The quantitative estimate of drug-likeness (QED) is 0.411. The van der Waals surface area contributed by atoms with Crippen molar-refractivity contribution in [2.75, 3.05) is 27.1 Å². The Morgan fingerprint density at radius 2 is 2.11 bits per heavy atom. The lowest BCUT2D eigenvalue weighted by Crippen LogP contribution is -2.13. The van der Waals surface area contributed by atoms with Gasteiger partial charge in [0, 0.05) is 22.5 Å². The van der Waals surface area contributed by atoms with E-state index >= 15 is 0 Å². The van der Waals surface area contributed by atoms with Crippen molar-refractivity contribution >= 4 is 33.5 Å². The predicted molar refractivity (Wildman–Crippen MR) is 113 cm³/mol. The molecule has 0 aliphatic carbocycles.